The number of sulfone groups is 1. The second-order valence-electron chi connectivity index (χ2n) is 6.81. The van der Waals surface area contributed by atoms with Gasteiger partial charge in [0.25, 0.3) is 0 Å². The molecule has 1 saturated heterocycles. The van der Waals surface area contributed by atoms with Gasteiger partial charge >= 0.3 is 6.03 Å². The Morgan fingerprint density at radius 3 is 1.48 bits per heavy atom. The lowest BCUT2D eigenvalue weighted by Gasteiger charge is -2.44. The van der Waals surface area contributed by atoms with E-state index in [1.54, 1.807) is 9.80 Å². The molecule has 6 heteroatoms. The molecular formula is C15H26N2O3S. The molecule has 3 aliphatic rings. The van der Waals surface area contributed by atoms with Crippen LogP contribution in [-0.4, -0.2) is 48.1 Å². The van der Waals surface area contributed by atoms with Crippen molar-refractivity contribution >= 4 is 15.9 Å². The molecule has 2 saturated carbocycles. The largest absolute Gasteiger partial charge is 0.322 e. The first-order chi connectivity index (χ1) is 10.1. The Labute approximate surface area is 127 Å². The zero-order chi connectivity index (χ0) is 14.9. The van der Waals surface area contributed by atoms with Gasteiger partial charge in [0.15, 0.2) is 9.84 Å². The second kappa shape index (κ2) is 6.15. The van der Waals surface area contributed by atoms with Crippen molar-refractivity contribution in [2.24, 2.45) is 0 Å². The fraction of sp³-hybridized carbons (Fsp3) is 0.933. The summed E-state index contributed by atoms with van der Waals surface area (Å²) < 4.78 is 24.5. The molecule has 2 amide bonds. The summed E-state index contributed by atoms with van der Waals surface area (Å²) in [5, 5.41) is 0. The quantitative estimate of drug-likeness (QED) is 0.787. The number of hydrogen-bond acceptors (Lipinski definition) is 3. The lowest BCUT2D eigenvalue weighted by molar-refractivity contribution is 0.104. The summed E-state index contributed by atoms with van der Waals surface area (Å²) in [6.45, 7) is 0. The SMILES string of the molecule is O=C1N(C2CCCCC2)CS(=O)(=O)CN1C1CCCCC1. The number of urea groups is 1. The van der Waals surface area contributed by atoms with E-state index in [9.17, 15) is 13.2 Å². The lowest BCUT2D eigenvalue weighted by atomic mass is 9.93. The zero-order valence-electron chi connectivity index (χ0n) is 12.7. The van der Waals surface area contributed by atoms with Crippen molar-refractivity contribution in [2.75, 3.05) is 11.8 Å². The van der Waals surface area contributed by atoms with Gasteiger partial charge in [0.1, 0.15) is 11.8 Å². The van der Waals surface area contributed by atoms with Gasteiger partial charge in [-0.2, -0.15) is 0 Å². The van der Waals surface area contributed by atoms with Crippen LogP contribution in [0.15, 0.2) is 0 Å². The van der Waals surface area contributed by atoms with E-state index in [1.165, 1.54) is 12.8 Å². The number of rotatable bonds is 2. The fourth-order valence-corrected chi connectivity index (χ4v) is 5.62. The highest BCUT2D eigenvalue weighted by Crippen LogP contribution is 2.30. The molecule has 0 bridgehead atoms. The van der Waals surface area contributed by atoms with Crippen LogP contribution in [0.5, 0.6) is 0 Å². The Hall–Kier alpha value is -0.780. The highest BCUT2D eigenvalue weighted by atomic mass is 32.2. The highest BCUT2D eigenvalue weighted by Gasteiger charge is 2.41. The monoisotopic (exact) mass is 314 g/mol. The van der Waals surface area contributed by atoms with Gasteiger partial charge in [-0.1, -0.05) is 38.5 Å². The number of nitrogens with zero attached hydrogens (tertiary/aromatic N) is 2. The van der Waals surface area contributed by atoms with E-state index in [1.807, 2.05) is 0 Å². The van der Waals surface area contributed by atoms with Gasteiger partial charge in [0, 0.05) is 12.1 Å². The molecule has 3 rings (SSSR count). The molecule has 3 fully saturated rings. The first-order valence-corrected chi connectivity index (χ1v) is 10.2. The molecule has 1 heterocycles. The summed E-state index contributed by atoms with van der Waals surface area (Å²) >= 11 is 0. The first kappa shape index (κ1) is 15.1. The fourth-order valence-electron chi connectivity index (χ4n) is 4.05. The minimum absolute atomic E-state index is 0.0244. The molecular weight excluding hydrogens is 288 g/mol. The van der Waals surface area contributed by atoms with E-state index in [2.05, 4.69) is 0 Å². The summed E-state index contributed by atoms with van der Waals surface area (Å²) in [5.41, 5.74) is 0. The van der Waals surface area contributed by atoms with E-state index < -0.39 is 9.84 Å². The van der Waals surface area contributed by atoms with Crippen LogP contribution in [0.3, 0.4) is 0 Å². The van der Waals surface area contributed by atoms with Gasteiger partial charge < -0.3 is 9.80 Å². The summed E-state index contributed by atoms with van der Waals surface area (Å²) in [6.07, 6.45) is 10.7. The molecule has 0 spiro atoms. The van der Waals surface area contributed by atoms with Crippen LogP contribution >= 0.6 is 0 Å². The maximum Gasteiger partial charge on any atom is 0.322 e. The Bertz CT molecular complexity index is 443. The summed E-state index contributed by atoms with van der Waals surface area (Å²) in [6, 6.07) is 0.239. The molecule has 0 radical (unpaired) electrons. The van der Waals surface area contributed by atoms with E-state index in [0.717, 1.165) is 51.4 Å². The molecule has 0 aromatic carbocycles. The van der Waals surface area contributed by atoms with Gasteiger partial charge in [-0.25, -0.2) is 13.2 Å². The van der Waals surface area contributed by atoms with Crippen LogP contribution < -0.4 is 0 Å². The van der Waals surface area contributed by atoms with Crippen LogP contribution in [0, 0.1) is 0 Å². The Morgan fingerprint density at radius 1 is 0.714 bits per heavy atom. The second-order valence-corrected chi connectivity index (χ2v) is 8.81. The third kappa shape index (κ3) is 3.35. The van der Waals surface area contributed by atoms with Crippen molar-refractivity contribution in [1.82, 2.24) is 9.80 Å². The minimum Gasteiger partial charge on any atom is -0.307 e. The Balaban J connectivity index is 1.78. The van der Waals surface area contributed by atoms with Crippen LogP contribution in [0.2, 0.25) is 0 Å². The zero-order valence-corrected chi connectivity index (χ0v) is 13.5. The molecule has 0 atom stereocenters. The van der Waals surface area contributed by atoms with Crippen LogP contribution in [-0.2, 0) is 9.84 Å². The number of amides is 2. The van der Waals surface area contributed by atoms with Crippen molar-refractivity contribution in [3.63, 3.8) is 0 Å². The van der Waals surface area contributed by atoms with Crippen LogP contribution in [0.4, 0.5) is 4.79 Å². The number of carbonyl (C=O) groups is 1. The summed E-state index contributed by atoms with van der Waals surface area (Å²) in [5.74, 6) is -0.139. The summed E-state index contributed by atoms with van der Waals surface area (Å²) in [4.78, 5) is 16.1. The first-order valence-electron chi connectivity index (χ1n) is 8.34. The van der Waals surface area contributed by atoms with Gasteiger partial charge in [-0.3, -0.25) is 0 Å². The van der Waals surface area contributed by atoms with Crippen molar-refractivity contribution in [2.45, 2.75) is 76.3 Å². The molecule has 0 N–H and O–H groups in total. The molecule has 2 aliphatic carbocycles. The van der Waals surface area contributed by atoms with Gasteiger partial charge in [-0.05, 0) is 25.7 Å². The number of hydrogen-bond donors (Lipinski definition) is 0. The van der Waals surface area contributed by atoms with Gasteiger partial charge in [0.05, 0.1) is 0 Å². The standard InChI is InChI=1S/C15H26N2O3S/c18-15-16(13-7-3-1-4-8-13)11-21(19,20)12-17(15)14-9-5-2-6-10-14/h13-14H,1-12H2. The predicted molar refractivity (Wildman–Crippen MR) is 81.5 cm³/mol. The average molecular weight is 314 g/mol. The van der Waals surface area contributed by atoms with Crippen molar-refractivity contribution in [1.29, 1.82) is 0 Å². The third-order valence-electron chi connectivity index (χ3n) is 5.19. The Morgan fingerprint density at radius 2 is 1.10 bits per heavy atom. The van der Waals surface area contributed by atoms with Crippen molar-refractivity contribution < 1.29 is 13.2 Å². The smallest absolute Gasteiger partial charge is 0.307 e. The summed E-state index contributed by atoms with van der Waals surface area (Å²) in [7, 11) is -3.18. The molecule has 0 aromatic heterocycles. The highest BCUT2D eigenvalue weighted by molar-refractivity contribution is 7.91. The maximum atomic E-state index is 12.8. The molecule has 5 nitrogen and oxygen atoms in total. The van der Waals surface area contributed by atoms with E-state index in [-0.39, 0.29) is 29.9 Å². The van der Waals surface area contributed by atoms with E-state index in [0.29, 0.717) is 0 Å². The molecule has 0 aromatic rings. The van der Waals surface area contributed by atoms with Crippen molar-refractivity contribution in [3.05, 3.63) is 0 Å². The minimum atomic E-state index is -3.18. The molecule has 0 unspecified atom stereocenters. The maximum absolute atomic E-state index is 12.8. The van der Waals surface area contributed by atoms with Crippen LogP contribution in [0.25, 0.3) is 0 Å². The van der Waals surface area contributed by atoms with Gasteiger partial charge in [0.2, 0.25) is 0 Å². The van der Waals surface area contributed by atoms with Gasteiger partial charge in [-0.15, -0.1) is 0 Å². The lowest BCUT2D eigenvalue weighted by Crippen LogP contribution is -2.59. The molecule has 120 valence electrons. The molecule has 21 heavy (non-hydrogen) atoms. The normalized spacial score (nSPS) is 28.9. The topological polar surface area (TPSA) is 57.7 Å². The average Bonchev–Trinajstić information content (AvgIpc) is 2.51. The molecule has 1 aliphatic heterocycles. The number of carbonyl (C=O) groups excluding carboxylic acids is 1. The Kier molecular flexibility index (Phi) is 4.43. The predicted octanol–water partition coefficient (Wildman–Crippen LogP) is 2.72. The van der Waals surface area contributed by atoms with E-state index in [4.69, 9.17) is 0 Å². The van der Waals surface area contributed by atoms with Crippen LogP contribution in [0.1, 0.15) is 64.2 Å². The van der Waals surface area contributed by atoms with E-state index >= 15 is 0 Å². The third-order valence-corrected chi connectivity index (χ3v) is 6.54. The van der Waals surface area contributed by atoms with Crippen molar-refractivity contribution in [3.8, 4) is 0 Å².